The number of carbonyl (C=O) groups is 2. The molecule has 0 spiro atoms. The zero-order valence-electron chi connectivity index (χ0n) is 14.5. The molecule has 5 nitrogen and oxygen atoms in total. The lowest BCUT2D eigenvalue weighted by Crippen LogP contribution is -2.45. The molecule has 8 heteroatoms. The molecule has 0 saturated carbocycles. The van der Waals surface area contributed by atoms with Crippen molar-refractivity contribution < 1.29 is 18.4 Å². The van der Waals surface area contributed by atoms with Crippen LogP contribution in [0.3, 0.4) is 0 Å². The highest BCUT2D eigenvalue weighted by molar-refractivity contribution is 8.15. The van der Waals surface area contributed by atoms with Gasteiger partial charge in [0.25, 0.3) is 0 Å². The van der Waals surface area contributed by atoms with Crippen LogP contribution < -0.4 is 5.32 Å². The molecule has 1 N–H and O–H groups in total. The van der Waals surface area contributed by atoms with Crippen LogP contribution in [0.4, 0.5) is 20.2 Å². The lowest BCUT2D eigenvalue weighted by Gasteiger charge is -2.30. The van der Waals surface area contributed by atoms with Crippen molar-refractivity contribution in [3.8, 4) is 0 Å². The van der Waals surface area contributed by atoms with Gasteiger partial charge in [-0.25, -0.2) is 13.8 Å². The van der Waals surface area contributed by atoms with E-state index in [1.165, 1.54) is 65.2 Å². The van der Waals surface area contributed by atoms with Gasteiger partial charge in [-0.2, -0.15) is 0 Å². The van der Waals surface area contributed by atoms with Crippen molar-refractivity contribution >= 4 is 40.1 Å². The standard InChI is InChI=1S/C19H17F2N3O2S/c1-2-24-17(25)11-16(18(26)22-14-7-3-12(20)4-8-14)27-19(24)23-15-9-5-13(21)6-10-15/h3-10,16H,2,11H2,1H3,(H,22,26)/t16-/m0/s1. The van der Waals surface area contributed by atoms with Crippen LogP contribution >= 0.6 is 11.8 Å². The Bertz CT molecular complexity index is 870. The Labute approximate surface area is 159 Å². The maximum atomic E-state index is 13.1. The minimum Gasteiger partial charge on any atom is -0.325 e. The van der Waals surface area contributed by atoms with Gasteiger partial charge in [0, 0.05) is 18.7 Å². The van der Waals surface area contributed by atoms with E-state index in [0.29, 0.717) is 23.1 Å². The van der Waals surface area contributed by atoms with Crippen LogP contribution in [-0.4, -0.2) is 33.7 Å². The van der Waals surface area contributed by atoms with Crippen molar-refractivity contribution in [2.45, 2.75) is 18.6 Å². The third kappa shape index (κ3) is 4.71. The Morgan fingerprint density at radius 2 is 1.74 bits per heavy atom. The predicted molar refractivity (Wildman–Crippen MR) is 102 cm³/mol. The Kier molecular flexibility index (Phi) is 5.85. The number of rotatable bonds is 4. The normalized spacial score (nSPS) is 18.6. The highest BCUT2D eigenvalue weighted by atomic mass is 32.2. The molecular formula is C19H17F2N3O2S. The molecule has 1 saturated heterocycles. The molecule has 0 bridgehead atoms. The van der Waals surface area contributed by atoms with Gasteiger partial charge in [-0.05, 0) is 55.5 Å². The summed E-state index contributed by atoms with van der Waals surface area (Å²) in [5.41, 5.74) is 0.939. The fourth-order valence-electron chi connectivity index (χ4n) is 2.53. The van der Waals surface area contributed by atoms with E-state index in [4.69, 9.17) is 0 Å². The average molecular weight is 389 g/mol. The molecule has 1 heterocycles. The molecule has 2 aromatic rings. The number of anilines is 1. The zero-order chi connectivity index (χ0) is 19.4. The lowest BCUT2D eigenvalue weighted by atomic mass is 10.2. The van der Waals surface area contributed by atoms with Crippen LogP contribution in [0.2, 0.25) is 0 Å². The number of hydrogen-bond acceptors (Lipinski definition) is 4. The number of nitrogens with zero attached hydrogens (tertiary/aromatic N) is 2. The van der Waals surface area contributed by atoms with Gasteiger partial charge in [0.05, 0.1) is 5.69 Å². The summed E-state index contributed by atoms with van der Waals surface area (Å²) in [6, 6.07) is 11.0. The lowest BCUT2D eigenvalue weighted by molar-refractivity contribution is -0.129. The van der Waals surface area contributed by atoms with Gasteiger partial charge < -0.3 is 5.32 Å². The summed E-state index contributed by atoms with van der Waals surface area (Å²) in [6.45, 7) is 2.23. The van der Waals surface area contributed by atoms with E-state index in [9.17, 15) is 18.4 Å². The molecule has 2 amide bonds. The summed E-state index contributed by atoms with van der Waals surface area (Å²) in [6.07, 6.45) is 0.0357. The topological polar surface area (TPSA) is 61.8 Å². The van der Waals surface area contributed by atoms with Gasteiger partial charge in [-0.15, -0.1) is 0 Å². The quantitative estimate of drug-likeness (QED) is 0.861. The van der Waals surface area contributed by atoms with Crippen LogP contribution in [0.25, 0.3) is 0 Å². The van der Waals surface area contributed by atoms with Gasteiger partial charge in [-0.1, -0.05) is 11.8 Å². The summed E-state index contributed by atoms with van der Waals surface area (Å²) in [5, 5.41) is 2.41. The van der Waals surface area contributed by atoms with E-state index in [0.717, 1.165) is 0 Å². The van der Waals surface area contributed by atoms with E-state index in [-0.39, 0.29) is 24.1 Å². The fraction of sp³-hybridized carbons (Fsp3) is 0.211. The Balaban J connectivity index is 1.79. The summed E-state index contributed by atoms with van der Waals surface area (Å²) in [4.78, 5) is 30.9. The largest absolute Gasteiger partial charge is 0.325 e. The second kappa shape index (κ2) is 8.30. The van der Waals surface area contributed by atoms with Gasteiger partial charge in [-0.3, -0.25) is 14.5 Å². The molecule has 0 unspecified atom stereocenters. The van der Waals surface area contributed by atoms with Crippen LogP contribution in [0.1, 0.15) is 13.3 Å². The number of benzene rings is 2. The fourth-order valence-corrected chi connectivity index (χ4v) is 3.70. The number of amidine groups is 1. The minimum atomic E-state index is -0.662. The molecule has 1 fully saturated rings. The number of nitrogens with one attached hydrogen (secondary N) is 1. The minimum absolute atomic E-state index is 0.0357. The maximum absolute atomic E-state index is 13.1. The first-order valence-electron chi connectivity index (χ1n) is 8.34. The monoisotopic (exact) mass is 389 g/mol. The van der Waals surface area contributed by atoms with Gasteiger partial charge in [0.2, 0.25) is 11.8 Å². The SMILES string of the molecule is CCN1C(=O)C[C@@H](C(=O)Nc2ccc(F)cc2)SC1=Nc1ccc(F)cc1. The number of hydrogen-bond donors (Lipinski definition) is 1. The van der Waals surface area contributed by atoms with E-state index in [1.807, 2.05) is 6.92 Å². The van der Waals surface area contributed by atoms with Gasteiger partial charge in [0.15, 0.2) is 5.17 Å². The Hall–Kier alpha value is -2.74. The second-order valence-electron chi connectivity index (χ2n) is 5.82. The molecule has 0 aliphatic carbocycles. The van der Waals surface area contributed by atoms with Gasteiger partial charge >= 0.3 is 0 Å². The molecule has 1 atom stereocenters. The first-order valence-corrected chi connectivity index (χ1v) is 9.22. The number of halogens is 2. The summed E-state index contributed by atoms with van der Waals surface area (Å²) < 4.78 is 26.1. The maximum Gasteiger partial charge on any atom is 0.238 e. The van der Waals surface area contributed by atoms with E-state index < -0.39 is 11.1 Å². The van der Waals surface area contributed by atoms with Crippen LogP contribution in [0.5, 0.6) is 0 Å². The van der Waals surface area contributed by atoms with Crippen LogP contribution in [0, 0.1) is 11.6 Å². The summed E-state index contributed by atoms with van der Waals surface area (Å²) >= 11 is 1.17. The van der Waals surface area contributed by atoms with Crippen molar-refractivity contribution in [2.24, 2.45) is 4.99 Å². The molecule has 140 valence electrons. The highest BCUT2D eigenvalue weighted by Gasteiger charge is 2.35. The van der Waals surface area contributed by atoms with Crippen molar-refractivity contribution in [3.05, 3.63) is 60.2 Å². The molecule has 1 aliphatic heterocycles. The van der Waals surface area contributed by atoms with Crippen molar-refractivity contribution in [2.75, 3.05) is 11.9 Å². The molecule has 27 heavy (non-hydrogen) atoms. The highest BCUT2D eigenvalue weighted by Crippen LogP contribution is 2.29. The first kappa shape index (κ1) is 19.0. The van der Waals surface area contributed by atoms with Crippen LogP contribution in [-0.2, 0) is 9.59 Å². The van der Waals surface area contributed by atoms with E-state index in [1.54, 1.807) is 0 Å². The molecular weight excluding hydrogens is 372 g/mol. The van der Waals surface area contributed by atoms with E-state index in [2.05, 4.69) is 10.3 Å². The van der Waals surface area contributed by atoms with Crippen molar-refractivity contribution in [1.29, 1.82) is 0 Å². The Morgan fingerprint density at radius 1 is 1.15 bits per heavy atom. The molecule has 2 aromatic carbocycles. The number of carbonyl (C=O) groups excluding carboxylic acids is 2. The zero-order valence-corrected chi connectivity index (χ0v) is 15.3. The average Bonchev–Trinajstić information content (AvgIpc) is 2.65. The summed E-state index contributed by atoms with van der Waals surface area (Å²) in [5.74, 6) is -1.35. The third-order valence-electron chi connectivity index (χ3n) is 3.91. The molecule has 0 aromatic heterocycles. The number of amides is 2. The second-order valence-corrected chi connectivity index (χ2v) is 6.99. The molecule has 1 aliphatic rings. The molecule has 3 rings (SSSR count). The van der Waals surface area contributed by atoms with E-state index >= 15 is 0 Å². The number of aliphatic imine (C=N–C) groups is 1. The third-order valence-corrected chi connectivity index (χ3v) is 5.10. The first-order chi connectivity index (χ1) is 13.0. The van der Waals surface area contributed by atoms with Crippen molar-refractivity contribution in [3.63, 3.8) is 0 Å². The predicted octanol–water partition coefficient (Wildman–Crippen LogP) is 3.95. The van der Waals surface area contributed by atoms with Crippen LogP contribution in [0.15, 0.2) is 53.5 Å². The van der Waals surface area contributed by atoms with Gasteiger partial charge in [0.1, 0.15) is 16.9 Å². The van der Waals surface area contributed by atoms with Crippen molar-refractivity contribution in [1.82, 2.24) is 4.90 Å². The summed E-state index contributed by atoms with van der Waals surface area (Å²) in [7, 11) is 0. The Morgan fingerprint density at radius 3 is 2.33 bits per heavy atom. The molecule has 0 radical (unpaired) electrons. The number of thioether (sulfide) groups is 1. The smallest absolute Gasteiger partial charge is 0.238 e.